The van der Waals surface area contributed by atoms with Crippen LogP contribution in [-0.4, -0.2) is 12.2 Å². The van der Waals surface area contributed by atoms with E-state index in [1.165, 1.54) is 44.9 Å². The standard InChI is InChI=1S/C17H36O/c1-6-10-11-12-13-14-15-16(5)17(7-2,8-3)18-9-4/h16H,6-15H2,1-5H3. The molecule has 0 aliphatic rings. The highest BCUT2D eigenvalue weighted by molar-refractivity contribution is 4.83. The first kappa shape index (κ1) is 18.0. The number of unbranched alkanes of at least 4 members (excludes halogenated alkanes) is 5. The molecule has 0 saturated heterocycles. The average Bonchev–Trinajstić information content (AvgIpc) is 2.40. The molecule has 0 amide bonds. The summed E-state index contributed by atoms with van der Waals surface area (Å²) >= 11 is 0. The third-order valence-corrected chi connectivity index (χ3v) is 4.52. The lowest BCUT2D eigenvalue weighted by Gasteiger charge is -2.37. The topological polar surface area (TPSA) is 9.23 Å². The summed E-state index contributed by atoms with van der Waals surface area (Å²) in [6.45, 7) is 12.2. The van der Waals surface area contributed by atoms with Gasteiger partial charge in [-0.05, 0) is 32.1 Å². The van der Waals surface area contributed by atoms with Gasteiger partial charge in [-0.3, -0.25) is 0 Å². The molecule has 0 saturated carbocycles. The van der Waals surface area contributed by atoms with Gasteiger partial charge in [-0.15, -0.1) is 0 Å². The van der Waals surface area contributed by atoms with Gasteiger partial charge in [0.25, 0.3) is 0 Å². The molecule has 0 aromatic rings. The monoisotopic (exact) mass is 256 g/mol. The van der Waals surface area contributed by atoms with Crippen LogP contribution in [-0.2, 0) is 4.74 Å². The molecule has 0 heterocycles. The van der Waals surface area contributed by atoms with Crippen LogP contribution in [0.3, 0.4) is 0 Å². The summed E-state index contributed by atoms with van der Waals surface area (Å²) in [6.07, 6.45) is 12.0. The van der Waals surface area contributed by atoms with E-state index in [4.69, 9.17) is 4.74 Å². The first-order chi connectivity index (χ1) is 8.66. The highest BCUT2D eigenvalue weighted by Gasteiger charge is 2.32. The molecule has 0 aromatic heterocycles. The van der Waals surface area contributed by atoms with Crippen molar-refractivity contribution in [3.05, 3.63) is 0 Å². The molecule has 0 fully saturated rings. The molecule has 1 unspecified atom stereocenters. The van der Waals surface area contributed by atoms with Gasteiger partial charge >= 0.3 is 0 Å². The number of rotatable bonds is 12. The summed E-state index contributed by atoms with van der Waals surface area (Å²) in [5, 5.41) is 0. The quantitative estimate of drug-likeness (QED) is 0.391. The molecule has 0 aliphatic heterocycles. The Morgan fingerprint density at radius 1 is 0.833 bits per heavy atom. The van der Waals surface area contributed by atoms with Crippen molar-refractivity contribution in [1.29, 1.82) is 0 Å². The van der Waals surface area contributed by atoms with Gasteiger partial charge in [-0.25, -0.2) is 0 Å². The lowest BCUT2D eigenvalue weighted by molar-refractivity contribution is -0.0857. The fraction of sp³-hybridized carbons (Fsp3) is 1.00. The van der Waals surface area contributed by atoms with E-state index < -0.39 is 0 Å². The van der Waals surface area contributed by atoms with E-state index >= 15 is 0 Å². The van der Waals surface area contributed by atoms with E-state index in [9.17, 15) is 0 Å². The Hall–Kier alpha value is -0.0400. The summed E-state index contributed by atoms with van der Waals surface area (Å²) in [4.78, 5) is 0. The second-order valence-corrected chi connectivity index (χ2v) is 5.66. The van der Waals surface area contributed by atoms with Crippen molar-refractivity contribution in [2.75, 3.05) is 6.61 Å². The van der Waals surface area contributed by atoms with Crippen LogP contribution in [0.25, 0.3) is 0 Å². The fourth-order valence-electron chi connectivity index (χ4n) is 3.07. The predicted molar refractivity (Wildman–Crippen MR) is 82.1 cm³/mol. The van der Waals surface area contributed by atoms with Crippen molar-refractivity contribution < 1.29 is 4.74 Å². The van der Waals surface area contributed by atoms with Crippen LogP contribution in [0.2, 0.25) is 0 Å². The Bertz CT molecular complexity index is 172. The SMILES string of the molecule is CCCCCCCCC(C)C(CC)(CC)OCC. The second-order valence-electron chi connectivity index (χ2n) is 5.66. The highest BCUT2D eigenvalue weighted by atomic mass is 16.5. The van der Waals surface area contributed by atoms with Gasteiger partial charge in [0.2, 0.25) is 0 Å². The molecule has 0 spiro atoms. The van der Waals surface area contributed by atoms with Gasteiger partial charge in [0.05, 0.1) is 5.60 Å². The summed E-state index contributed by atoms with van der Waals surface area (Å²) in [6, 6.07) is 0. The second kappa shape index (κ2) is 10.8. The molecule has 1 atom stereocenters. The van der Waals surface area contributed by atoms with Crippen LogP contribution in [0.5, 0.6) is 0 Å². The van der Waals surface area contributed by atoms with Crippen LogP contribution < -0.4 is 0 Å². The minimum atomic E-state index is 0.137. The van der Waals surface area contributed by atoms with E-state index in [0.29, 0.717) is 5.92 Å². The number of hydrogen-bond donors (Lipinski definition) is 0. The zero-order valence-corrected chi connectivity index (χ0v) is 13.6. The van der Waals surface area contributed by atoms with Gasteiger partial charge in [0.1, 0.15) is 0 Å². The molecule has 1 heteroatoms. The number of ether oxygens (including phenoxy) is 1. The molecule has 1 nitrogen and oxygen atoms in total. The Balaban J connectivity index is 3.92. The van der Waals surface area contributed by atoms with Crippen molar-refractivity contribution in [1.82, 2.24) is 0 Å². The Morgan fingerprint density at radius 3 is 1.89 bits per heavy atom. The van der Waals surface area contributed by atoms with Crippen LogP contribution in [0.15, 0.2) is 0 Å². The molecule has 110 valence electrons. The molecule has 0 aromatic carbocycles. The molecule has 0 bridgehead atoms. The third kappa shape index (κ3) is 6.22. The van der Waals surface area contributed by atoms with E-state index in [1.54, 1.807) is 0 Å². The lowest BCUT2D eigenvalue weighted by Crippen LogP contribution is -2.38. The van der Waals surface area contributed by atoms with Crippen LogP contribution in [0, 0.1) is 5.92 Å². The summed E-state index contributed by atoms with van der Waals surface area (Å²) in [7, 11) is 0. The number of hydrogen-bond acceptors (Lipinski definition) is 1. The molecular formula is C17H36O. The van der Waals surface area contributed by atoms with Gasteiger partial charge in [0.15, 0.2) is 0 Å². The minimum absolute atomic E-state index is 0.137. The Kier molecular flexibility index (Phi) is 10.8. The minimum Gasteiger partial charge on any atom is -0.375 e. The molecule has 0 radical (unpaired) electrons. The molecular weight excluding hydrogens is 220 g/mol. The maximum absolute atomic E-state index is 6.09. The summed E-state index contributed by atoms with van der Waals surface area (Å²) < 4.78 is 6.09. The molecule has 0 N–H and O–H groups in total. The van der Waals surface area contributed by atoms with Gasteiger partial charge in [-0.2, -0.15) is 0 Å². The van der Waals surface area contributed by atoms with Crippen molar-refractivity contribution >= 4 is 0 Å². The maximum atomic E-state index is 6.09. The lowest BCUT2D eigenvalue weighted by atomic mass is 9.80. The molecule has 0 rings (SSSR count). The van der Waals surface area contributed by atoms with E-state index in [-0.39, 0.29) is 5.60 Å². The largest absolute Gasteiger partial charge is 0.375 e. The van der Waals surface area contributed by atoms with Crippen LogP contribution in [0.4, 0.5) is 0 Å². The van der Waals surface area contributed by atoms with E-state index in [0.717, 1.165) is 19.4 Å². The zero-order valence-electron chi connectivity index (χ0n) is 13.6. The first-order valence-electron chi connectivity index (χ1n) is 8.30. The molecule has 18 heavy (non-hydrogen) atoms. The van der Waals surface area contributed by atoms with Crippen LogP contribution in [0.1, 0.15) is 92.4 Å². The van der Waals surface area contributed by atoms with Crippen molar-refractivity contribution in [2.24, 2.45) is 5.92 Å². The smallest absolute Gasteiger partial charge is 0.0702 e. The Morgan fingerprint density at radius 2 is 1.39 bits per heavy atom. The van der Waals surface area contributed by atoms with Crippen molar-refractivity contribution in [2.45, 2.75) is 98.0 Å². The van der Waals surface area contributed by atoms with E-state index in [1.807, 2.05) is 0 Å². The van der Waals surface area contributed by atoms with E-state index in [2.05, 4.69) is 34.6 Å². The van der Waals surface area contributed by atoms with Crippen molar-refractivity contribution in [3.8, 4) is 0 Å². The fourth-order valence-corrected chi connectivity index (χ4v) is 3.07. The normalized spacial score (nSPS) is 13.8. The maximum Gasteiger partial charge on any atom is 0.0702 e. The Labute approximate surface area is 116 Å². The third-order valence-electron chi connectivity index (χ3n) is 4.52. The zero-order chi connectivity index (χ0) is 13.9. The summed E-state index contributed by atoms with van der Waals surface area (Å²) in [5.41, 5.74) is 0.137. The van der Waals surface area contributed by atoms with Gasteiger partial charge in [-0.1, -0.05) is 66.2 Å². The van der Waals surface area contributed by atoms with Gasteiger partial charge < -0.3 is 4.74 Å². The summed E-state index contributed by atoms with van der Waals surface area (Å²) in [5.74, 6) is 0.693. The first-order valence-corrected chi connectivity index (χ1v) is 8.30. The van der Waals surface area contributed by atoms with Crippen LogP contribution >= 0.6 is 0 Å². The predicted octanol–water partition coefficient (Wildman–Crippen LogP) is 5.97. The molecule has 0 aliphatic carbocycles. The van der Waals surface area contributed by atoms with Crippen molar-refractivity contribution in [3.63, 3.8) is 0 Å². The highest BCUT2D eigenvalue weighted by Crippen LogP contribution is 2.33. The van der Waals surface area contributed by atoms with Gasteiger partial charge in [0, 0.05) is 6.61 Å². The average molecular weight is 256 g/mol.